The fraction of sp³-hybridized carbons (Fsp3) is 0.871. The molecule has 8 rings (SSSR count). The minimum atomic E-state index is -3.79. The van der Waals surface area contributed by atoms with Crippen LogP contribution in [0.25, 0.3) is 0 Å². The summed E-state index contributed by atoms with van der Waals surface area (Å²) in [6.07, 6.45) is -91.4. The maximum absolute atomic E-state index is 14.3. The maximum Gasteiger partial charge on any atom is 0.364 e. The van der Waals surface area contributed by atoms with Gasteiger partial charge in [-0.15, -0.1) is 0 Å². The molecule has 8 fully saturated rings. The zero-order chi connectivity index (χ0) is 95.9. The van der Waals surface area contributed by atoms with Crippen LogP contribution in [0.2, 0.25) is 0 Å². The van der Waals surface area contributed by atoms with E-state index in [1.807, 2.05) is 0 Å². The highest BCUT2D eigenvalue weighted by atomic mass is 16.8. The highest BCUT2D eigenvalue weighted by Gasteiger charge is 2.67. The van der Waals surface area contributed by atoms with Crippen molar-refractivity contribution in [2.75, 3.05) is 52.9 Å². The zero-order valence-corrected chi connectivity index (χ0v) is 68.3. The number of aliphatic carboxylic acids is 4. The van der Waals surface area contributed by atoms with Crippen LogP contribution in [0, 0.1) is 0 Å². The number of nitrogens with one attached hydrogen (secondary N) is 5. The first-order valence-corrected chi connectivity index (χ1v) is 39.6. The minimum Gasteiger partial charge on any atom is -0.477 e. The topological polar surface area (TPSA) is 939 Å². The molecule has 0 radical (unpaired) electrons. The van der Waals surface area contributed by atoms with Crippen molar-refractivity contribution in [3.05, 3.63) is 0 Å². The molecule has 0 spiro atoms. The summed E-state index contributed by atoms with van der Waals surface area (Å²) in [4.78, 5) is 118. The second-order valence-electron chi connectivity index (χ2n) is 31.8. The van der Waals surface area contributed by atoms with Gasteiger partial charge in [0.15, 0.2) is 25.2 Å². The lowest BCUT2D eigenvalue weighted by Gasteiger charge is -2.53. The summed E-state index contributed by atoms with van der Waals surface area (Å²) < 4.78 is 87.3. The molecule has 0 aromatic carbocycles. The summed E-state index contributed by atoms with van der Waals surface area (Å²) in [6, 6.07) is -10.3. The summed E-state index contributed by atoms with van der Waals surface area (Å²) >= 11 is 0. The van der Waals surface area contributed by atoms with Crippen molar-refractivity contribution < 1.29 is 262 Å². The van der Waals surface area contributed by atoms with E-state index in [-0.39, 0.29) is 0 Å². The lowest BCUT2D eigenvalue weighted by molar-refractivity contribution is -0.405. The SMILES string of the molecule is CC(=O)N[C@H]1[C@H](O[C@@H]2[C@H](O[C@]3(C(=O)O)C[C@H](O)[C@@H](NC(C)=O)[C@H]([C@H](O)[C@@H](CO)O[C@]4(C(=O)O)C[C@H](O)[C@@H](NC(C)=O)[C@H]([C@H](O)[C@H](O)CO)O4)O3)[C@@H](O)[C@H](O[C@H]3[C@H](O)[C@@H](O)[C@H](O)O[C@@H]3CO)O[C@@H]2CO)O[C@H](CO)[C@H](O[C@@H]2O[C@H](CO)[C@H](O)[C@H](O[C@]3(C(=O)O)C[C@H](O)[C@@H](NC(C)=O)[C@H]([C@H](O)[C@@H](CO)O[C@]4(C(=O)O)C[C@H](O)[C@@H](NC(C)=O)[C@H]([C@H](O)[C@H](O)CO)O4)O3)[C@H]2O)[C@@H]1O. The van der Waals surface area contributed by atoms with E-state index in [1.54, 1.807) is 0 Å². The average Bonchev–Trinajstić information content (AvgIpc) is 0.744. The van der Waals surface area contributed by atoms with Gasteiger partial charge in [0.25, 0.3) is 23.1 Å². The molecular weight excluding hydrogens is 1760 g/mol. The van der Waals surface area contributed by atoms with Gasteiger partial charge < -0.3 is 246 Å². The van der Waals surface area contributed by atoms with Gasteiger partial charge in [0.05, 0.1) is 101 Å². The van der Waals surface area contributed by atoms with Crippen LogP contribution >= 0.6 is 0 Å². The van der Waals surface area contributed by atoms with Crippen molar-refractivity contribution in [2.24, 2.45) is 0 Å². The van der Waals surface area contributed by atoms with E-state index in [0.717, 1.165) is 34.6 Å². The van der Waals surface area contributed by atoms with Gasteiger partial charge in [-0.3, -0.25) is 24.0 Å². The number of rotatable bonds is 39. The van der Waals surface area contributed by atoms with Gasteiger partial charge in [0.1, 0.15) is 171 Å². The Morgan fingerprint density at radius 3 is 0.953 bits per heavy atom. The number of carboxylic acids is 4. The molecule has 8 aliphatic rings. The number of aliphatic hydroxyl groups excluding tert-OH is 25. The monoisotopic (exact) mass is 1870 g/mol. The van der Waals surface area contributed by atoms with Crippen molar-refractivity contribution in [1.29, 1.82) is 0 Å². The summed E-state index contributed by atoms with van der Waals surface area (Å²) in [5.41, 5.74) is 0. The van der Waals surface area contributed by atoms with Gasteiger partial charge in [0, 0.05) is 60.3 Å². The highest BCUT2D eigenvalue weighted by molar-refractivity contribution is 5.79. The number of carbonyl (C=O) groups excluding carboxylic acids is 5. The van der Waals surface area contributed by atoms with Crippen molar-refractivity contribution >= 4 is 53.4 Å². The minimum absolute atomic E-state index is 0.777. The van der Waals surface area contributed by atoms with E-state index in [1.165, 1.54) is 0 Å². The Hall–Kier alpha value is -6.37. The zero-order valence-electron chi connectivity index (χ0n) is 68.3. The molecule has 128 heavy (non-hydrogen) atoms. The van der Waals surface area contributed by atoms with Crippen LogP contribution in [0.4, 0.5) is 0 Å². The largest absolute Gasteiger partial charge is 0.477 e. The van der Waals surface area contributed by atoms with E-state index < -0.39 is 400 Å². The van der Waals surface area contributed by atoms with E-state index in [9.17, 15) is 191 Å². The summed E-state index contributed by atoms with van der Waals surface area (Å²) in [5, 5.41) is 335. The predicted octanol–water partition coefficient (Wildman–Crippen LogP) is -20.9. The summed E-state index contributed by atoms with van der Waals surface area (Å²) in [6.45, 7) is -7.11. The van der Waals surface area contributed by atoms with Crippen LogP contribution in [0.1, 0.15) is 60.3 Å². The standard InChI is InChI=1S/C70H113N5O53/c1-18(84)71-35-23(89)6-67(63(106)107,123-53(35)40(95)27(93)10-76)121-30(13-79)43(98)55-37(73-20(3)86)25(91)8-69(125-55,65(110)111)127-57-42(97)29(12-78)115-61(48(57)103)118-50-33(16-82)116-60(39(45(50)100)75-22(5)88)120-52-34(17-83)117-62(119-51-32(15-81)114-59(105)47(102)46(51)101)49(104)58(52)128-70(66(112)113)9-26(92)38(74-21(4)87)56(126-70)44(99)31(14-80)122-68(64(108)109)7-24(90)36(72-19(2)85)54(124-68)41(96)28(94)11-77/h23-62,76-83,89-105H,6-17H2,1-5H3,(H,71,84)(H,72,85)(H,73,86)(H,74,87)(H,75,88)(H,106,107)(H,108,109)(H,110,111)(H,112,113)/t23-,24-,25-,26-,27+,28+,29+,30+,31+,32+,33+,34+,35+,36+,37+,38+,39+,40+,41+,42-,43+,44+,45+,46+,47+,48+,49+,50-,51+,52-,53+,54+,55+,56+,57-,58+,59+,60-,61-,62-,67+,68+,69-,70-/m0/s1. The third-order valence-electron chi connectivity index (χ3n) is 22.6. The second kappa shape index (κ2) is 44.7. The number of ether oxygens (including phenoxy) is 15. The van der Waals surface area contributed by atoms with Crippen LogP contribution in [0.5, 0.6) is 0 Å². The maximum atomic E-state index is 14.3. The molecule has 0 aromatic heterocycles. The van der Waals surface area contributed by atoms with E-state index in [0.29, 0.717) is 0 Å². The number of amides is 5. The Kier molecular flexibility index (Phi) is 37.3. The van der Waals surface area contributed by atoms with Gasteiger partial charge in [-0.25, -0.2) is 19.2 Å². The Balaban J connectivity index is 1.15. The van der Waals surface area contributed by atoms with Gasteiger partial charge >= 0.3 is 23.9 Å². The molecule has 8 aliphatic heterocycles. The Morgan fingerprint density at radius 2 is 0.609 bits per heavy atom. The van der Waals surface area contributed by atoms with Crippen molar-refractivity contribution in [2.45, 2.75) is 328 Å². The van der Waals surface area contributed by atoms with Gasteiger partial charge in [-0.1, -0.05) is 0 Å². The first-order chi connectivity index (χ1) is 59.9. The first-order valence-electron chi connectivity index (χ1n) is 39.6. The molecule has 736 valence electrons. The molecule has 0 aromatic rings. The van der Waals surface area contributed by atoms with E-state index in [4.69, 9.17) is 71.1 Å². The number of aliphatic hydroxyl groups is 25. The van der Waals surface area contributed by atoms with Gasteiger partial charge in [-0.2, -0.15) is 0 Å². The van der Waals surface area contributed by atoms with Crippen LogP contribution in [0.3, 0.4) is 0 Å². The number of hydrogen-bond acceptors (Lipinski definition) is 49. The first kappa shape index (κ1) is 107. The Bertz CT molecular complexity index is 3720. The lowest BCUT2D eigenvalue weighted by atomic mass is 9.87. The van der Waals surface area contributed by atoms with Crippen LogP contribution in [-0.2, 0) is 114 Å². The van der Waals surface area contributed by atoms with Crippen LogP contribution in [0.15, 0.2) is 0 Å². The molecule has 0 bridgehead atoms. The molecule has 8 saturated heterocycles. The number of carbonyl (C=O) groups is 9. The Morgan fingerprint density at radius 1 is 0.320 bits per heavy atom. The normalized spacial score (nSPS) is 42.5. The molecule has 58 heteroatoms. The quantitative estimate of drug-likeness (QED) is 0.0272. The molecule has 8 heterocycles. The lowest BCUT2D eigenvalue weighted by Crippen LogP contribution is -2.73. The van der Waals surface area contributed by atoms with Gasteiger partial charge in [0.2, 0.25) is 29.5 Å². The molecule has 5 amide bonds. The molecule has 0 unspecified atom stereocenters. The number of carboxylic acid groups (broad SMARTS) is 4. The van der Waals surface area contributed by atoms with Crippen molar-refractivity contribution in [1.82, 2.24) is 26.6 Å². The van der Waals surface area contributed by atoms with Gasteiger partial charge in [-0.05, 0) is 0 Å². The molecule has 34 N–H and O–H groups in total. The molecular formula is C70H113N5O53. The highest BCUT2D eigenvalue weighted by Crippen LogP contribution is 2.46. The summed E-state index contributed by atoms with van der Waals surface area (Å²) in [7, 11) is 0. The average molecular weight is 1870 g/mol. The van der Waals surface area contributed by atoms with E-state index in [2.05, 4.69) is 26.6 Å². The van der Waals surface area contributed by atoms with Crippen molar-refractivity contribution in [3.8, 4) is 0 Å². The predicted molar refractivity (Wildman–Crippen MR) is 391 cm³/mol. The van der Waals surface area contributed by atoms with Crippen LogP contribution in [-0.4, -0.2) is 522 Å². The third kappa shape index (κ3) is 23.2. The number of hydrogen-bond donors (Lipinski definition) is 34. The Labute approximate surface area is 721 Å². The summed E-state index contributed by atoms with van der Waals surface area (Å²) in [5.74, 6) is -28.9. The smallest absolute Gasteiger partial charge is 0.364 e. The molecule has 0 aliphatic carbocycles. The van der Waals surface area contributed by atoms with E-state index >= 15 is 0 Å². The fourth-order valence-electron chi connectivity index (χ4n) is 16.3. The van der Waals surface area contributed by atoms with Crippen molar-refractivity contribution in [3.63, 3.8) is 0 Å². The van der Waals surface area contributed by atoms with Crippen LogP contribution < -0.4 is 26.6 Å². The second-order valence-corrected chi connectivity index (χ2v) is 31.8. The molecule has 0 saturated carbocycles. The molecule has 44 atom stereocenters. The fourth-order valence-corrected chi connectivity index (χ4v) is 16.3. The molecule has 58 nitrogen and oxygen atoms in total. The third-order valence-corrected chi connectivity index (χ3v) is 22.6.